The molecule has 0 spiro atoms. The van der Waals surface area contributed by atoms with Crippen LogP contribution >= 0.6 is 0 Å². The van der Waals surface area contributed by atoms with Crippen LogP contribution in [0, 0.1) is 11.3 Å². The second-order valence-electron chi connectivity index (χ2n) is 3.65. The minimum absolute atomic E-state index is 0.0988. The van der Waals surface area contributed by atoms with Crippen molar-refractivity contribution in [2.24, 2.45) is 0 Å². The minimum atomic E-state index is -4.51. The summed E-state index contributed by atoms with van der Waals surface area (Å²) < 4.78 is 42.9. The molecule has 1 unspecified atom stereocenters. The molecule has 0 radical (unpaired) electrons. The van der Waals surface area contributed by atoms with E-state index < -0.39 is 17.3 Å². The van der Waals surface area contributed by atoms with Gasteiger partial charge in [-0.2, -0.15) is 18.4 Å². The Bertz CT molecular complexity index is 434. The van der Waals surface area contributed by atoms with Crippen molar-refractivity contribution in [3.63, 3.8) is 0 Å². The van der Waals surface area contributed by atoms with Crippen LogP contribution < -0.4 is 4.74 Å². The van der Waals surface area contributed by atoms with Crippen LogP contribution in [0.1, 0.15) is 31.4 Å². The smallest absolute Gasteiger partial charge is 0.417 e. The Hall–Kier alpha value is -1.70. The molecule has 0 fully saturated rings. The fraction of sp³-hybridized carbons (Fsp3) is 0.417. The molecule has 0 amide bonds. The van der Waals surface area contributed by atoms with Crippen molar-refractivity contribution in [3.8, 4) is 11.8 Å². The highest BCUT2D eigenvalue weighted by molar-refractivity contribution is 5.44. The molecule has 0 N–H and O–H groups in total. The first-order chi connectivity index (χ1) is 7.88. The lowest BCUT2D eigenvalue weighted by Gasteiger charge is -2.14. The topological polar surface area (TPSA) is 33.0 Å². The highest BCUT2D eigenvalue weighted by Gasteiger charge is 2.33. The predicted molar refractivity (Wildman–Crippen MR) is 56.5 cm³/mol. The number of ether oxygens (including phenoxy) is 1. The lowest BCUT2D eigenvalue weighted by atomic mass is 10.1. The number of hydrogen-bond donors (Lipinski definition) is 0. The number of nitriles is 1. The first kappa shape index (κ1) is 13.4. The molecule has 5 heteroatoms. The maximum atomic E-state index is 12.5. The van der Waals surface area contributed by atoms with Crippen molar-refractivity contribution in [3.05, 3.63) is 29.3 Å². The summed E-state index contributed by atoms with van der Waals surface area (Å²) in [6.07, 6.45) is -3.87. The summed E-state index contributed by atoms with van der Waals surface area (Å²) in [4.78, 5) is 0. The molecule has 2 nitrogen and oxygen atoms in total. The molecule has 0 heterocycles. The van der Waals surface area contributed by atoms with Crippen LogP contribution in [0.15, 0.2) is 18.2 Å². The lowest BCUT2D eigenvalue weighted by Crippen LogP contribution is -2.11. The fourth-order valence-corrected chi connectivity index (χ4v) is 1.25. The van der Waals surface area contributed by atoms with Gasteiger partial charge in [-0.3, -0.25) is 0 Å². The van der Waals surface area contributed by atoms with Crippen LogP contribution in [-0.2, 0) is 6.18 Å². The van der Waals surface area contributed by atoms with E-state index in [1.54, 1.807) is 0 Å². The summed E-state index contributed by atoms with van der Waals surface area (Å²) >= 11 is 0. The second kappa shape index (κ2) is 5.09. The van der Waals surface area contributed by atoms with Crippen LogP contribution in [0.25, 0.3) is 0 Å². The lowest BCUT2D eigenvalue weighted by molar-refractivity contribution is -0.137. The zero-order chi connectivity index (χ0) is 13.1. The monoisotopic (exact) mass is 243 g/mol. The molecule has 92 valence electrons. The first-order valence-electron chi connectivity index (χ1n) is 5.16. The average Bonchev–Trinajstić information content (AvgIpc) is 2.27. The number of rotatable bonds is 3. The molecular formula is C12H12F3NO. The van der Waals surface area contributed by atoms with Gasteiger partial charge in [0.25, 0.3) is 0 Å². The maximum absolute atomic E-state index is 12.5. The van der Waals surface area contributed by atoms with Crippen molar-refractivity contribution in [1.29, 1.82) is 5.26 Å². The van der Waals surface area contributed by atoms with Crippen LogP contribution in [0.3, 0.4) is 0 Å². The van der Waals surface area contributed by atoms with E-state index in [0.717, 1.165) is 18.6 Å². The molecule has 1 atom stereocenters. The Balaban J connectivity index is 3.06. The maximum Gasteiger partial charge on any atom is 0.417 e. The largest absolute Gasteiger partial charge is 0.491 e. The van der Waals surface area contributed by atoms with Crippen LogP contribution in [0.4, 0.5) is 13.2 Å². The van der Waals surface area contributed by atoms with Crippen LogP contribution in [0.5, 0.6) is 5.75 Å². The molecule has 1 rings (SSSR count). The molecule has 0 aromatic heterocycles. The third-order valence-corrected chi connectivity index (χ3v) is 2.33. The molecular weight excluding hydrogens is 231 g/mol. The van der Waals surface area contributed by atoms with Gasteiger partial charge >= 0.3 is 6.18 Å². The first-order valence-corrected chi connectivity index (χ1v) is 5.16. The highest BCUT2D eigenvalue weighted by Crippen LogP contribution is 2.33. The summed E-state index contributed by atoms with van der Waals surface area (Å²) in [5.41, 5.74) is -1.35. The highest BCUT2D eigenvalue weighted by atomic mass is 19.4. The van der Waals surface area contributed by atoms with Gasteiger partial charge < -0.3 is 4.74 Å². The van der Waals surface area contributed by atoms with Crippen molar-refractivity contribution in [2.75, 3.05) is 0 Å². The van der Waals surface area contributed by atoms with Gasteiger partial charge in [0.2, 0.25) is 0 Å². The van der Waals surface area contributed by atoms with E-state index in [-0.39, 0.29) is 11.9 Å². The van der Waals surface area contributed by atoms with Gasteiger partial charge in [-0.25, -0.2) is 0 Å². The molecule has 0 saturated carbocycles. The van der Waals surface area contributed by atoms with E-state index >= 15 is 0 Å². The number of hydrogen-bond acceptors (Lipinski definition) is 2. The predicted octanol–water partition coefficient (Wildman–Crippen LogP) is 3.75. The van der Waals surface area contributed by atoms with Gasteiger partial charge in [0, 0.05) is 0 Å². The third kappa shape index (κ3) is 3.38. The Morgan fingerprint density at radius 1 is 1.41 bits per heavy atom. The summed E-state index contributed by atoms with van der Waals surface area (Å²) in [7, 11) is 0. The Morgan fingerprint density at radius 2 is 2.06 bits per heavy atom. The van der Waals surface area contributed by atoms with Gasteiger partial charge in [0.05, 0.1) is 23.3 Å². The van der Waals surface area contributed by atoms with E-state index in [9.17, 15) is 13.2 Å². The van der Waals surface area contributed by atoms with Crippen molar-refractivity contribution < 1.29 is 17.9 Å². The van der Waals surface area contributed by atoms with Crippen LogP contribution in [-0.4, -0.2) is 6.10 Å². The third-order valence-electron chi connectivity index (χ3n) is 2.33. The molecule has 0 aliphatic heterocycles. The molecule has 0 bridgehead atoms. The zero-order valence-electron chi connectivity index (χ0n) is 9.51. The normalized spacial score (nSPS) is 12.9. The van der Waals surface area contributed by atoms with Gasteiger partial charge in [-0.05, 0) is 31.5 Å². The minimum Gasteiger partial charge on any atom is -0.491 e. The number of nitrogens with zero attached hydrogens (tertiary/aromatic N) is 1. The zero-order valence-corrected chi connectivity index (χ0v) is 9.51. The quantitative estimate of drug-likeness (QED) is 0.809. The molecule has 1 aromatic carbocycles. The summed E-state index contributed by atoms with van der Waals surface area (Å²) in [6.45, 7) is 3.71. The number of benzene rings is 1. The van der Waals surface area contributed by atoms with Crippen molar-refractivity contribution >= 4 is 0 Å². The van der Waals surface area contributed by atoms with E-state index in [1.165, 1.54) is 12.1 Å². The summed E-state index contributed by atoms with van der Waals surface area (Å²) in [6, 6.07) is 4.76. The van der Waals surface area contributed by atoms with Gasteiger partial charge in [-0.1, -0.05) is 6.92 Å². The Morgan fingerprint density at radius 3 is 2.53 bits per heavy atom. The van der Waals surface area contributed by atoms with E-state index in [1.807, 2.05) is 13.8 Å². The summed E-state index contributed by atoms with van der Waals surface area (Å²) in [5.74, 6) is 0.281. The average molecular weight is 243 g/mol. The number of halogens is 3. The van der Waals surface area contributed by atoms with E-state index in [0.29, 0.717) is 0 Å². The second-order valence-corrected chi connectivity index (χ2v) is 3.65. The Kier molecular flexibility index (Phi) is 4.00. The van der Waals surface area contributed by atoms with Gasteiger partial charge in [0.1, 0.15) is 5.75 Å². The molecule has 1 aromatic rings. The van der Waals surface area contributed by atoms with E-state index in [4.69, 9.17) is 10.00 Å². The number of alkyl halides is 3. The molecule has 0 aliphatic carbocycles. The van der Waals surface area contributed by atoms with Crippen molar-refractivity contribution in [2.45, 2.75) is 32.5 Å². The SMILES string of the molecule is CCC(C)Oc1ccc(C(F)(F)F)c(C#N)c1. The molecule has 17 heavy (non-hydrogen) atoms. The van der Waals surface area contributed by atoms with Gasteiger partial charge in [-0.15, -0.1) is 0 Å². The fourth-order valence-electron chi connectivity index (χ4n) is 1.25. The Labute approximate surface area is 97.6 Å². The van der Waals surface area contributed by atoms with Crippen molar-refractivity contribution in [1.82, 2.24) is 0 Å². The summed E-state index contributed by atoms with van der Waals surface area (Å²) in [5, 5.41) is 8.69. The van der Waals surface area contributed by atoms with Crippen LogP contribution in [0.2, 0.25) is 0 Å². The van der Waals surface area contributed by atoms with Gasteiger partial charge in [0.15, 0.2) is 0 Å². The van der Waals surface area contributed by atoms with E-state index in [2.05, 4.69) is 0 Å². The molecule has 0 aliphatic rings. The molecule has 0 saturated heterocycles. The standard InChI is InChI=1S/C12H12F3NO/c1-3-8(2)17-10-4-5-11(12(13,14)15)9(6-10)7-16/h4-6,8H,3H2,1-2H3.